The van der Waals surface area contributed by atoms with Gasteiger partial charge < -0.3 is 9.67 Å². The molecule has 1 aromatic carbocycles. The minimum atomic E-state index is -1.06. The fourth-order valence-corrected chi connectivity index (χ4v) is 2.16. The van der Waals surface area contributed by atoms with Crippen LogP contribution in [0.1, 0.15) is 16.2 Å². The van der Waals surface area contributed by atoms with Crippen LogP contribution in [-0.2, 0) is 6.54 Å². The predicted octanol–water partition coefficient (Wildman–Crippen LogP) is 2.92. The van der Waals surface area contributed by atoms with Crippen molar-refractivity contribution in [3.8, 4) is 0 Å². The van der Waals surface area contributed by atoms with Gasteiger partial charge >= 0.3 is 5.97 Å². The zero-order valence-corrected chi connectivity index (χ0v) is 10.5. The lowest BCUT2D eigenvalue weighted by molar-refractivity contribution is 0.0690. The monoisotopic (exact) mass is 270 g/mol. The predicted molar refractivity (Wildman–Crippen MR) is 72.2 cm³/mol. The third-order valence-electron chi connectivity index (χ3n) is 3.09. The Morgan fingerprint density at radius 3 is 2.90 bits per heavy atom. The van der Waals surface area contributed by atoms with Gasteiger partial charge in [-0.2, -0.15) is 0 Å². The molecule has 0 bridgehead atoms. The Bertz CT molecular complexity index is 795. The lowest BCUT2D eigenvalue weighted by Gasteiger charge is -2.06. The van der Waals surface area contributed by atoms with Gasteiger partial charge in [0.1, 0.15) is 11.5 Å². The Kier molecular flexibility index (Phi) is 2.95. The fraction of sp³-hybridized carbons (Fsp3) is 0.0667. The van der Waals surface area contributed by atoms with Crippen LogP contribution in [0.2, 0.25) is 0 Å². The Morgan fingerprint density at radius 2 is 2.10 bits per heavy atom. The van der Waals surface area contributed by atoms with Crippen LogP contribution in [0.4, 0.5) is 4.39 Å². The molecule has 2 heterocycles. The van der Waals surface area contributed by atoms with Crippen LogP contribution in [0, 0.1) is 5.82 Å². The number of halogens is 1. The lowest BCUT2D eigenvalue weighted by Crippen LogP contribution is -2.05. The highest BCUT2D eigenvalue weighted by atomic mass is 19.1. The Labute approximate surface area is 114 Å². The summed E-state index contributed by atoms with van der Waals surface area (Å²) in [4.78, 5) is 15.0. The number of nitrogens with zero attached hydrogens (tertiary/aromatic N) is 2. The molecule has 100 valence electrons. The Hall–Kier alpha value is -2.69. The Morgan fingerprint density at radius 1 is 1.25 bits per heavy atom. The van der Waals surface area contributed by atoms with Crippen LogP contribution in [0.25, 0.3) is 10.9 Å². The first kappa shape index (κ1) is 12.3. The lowest BCUT2D eigenvalue weighted by atomic mass is 10.2. The van der Waals surface area contributed by atoms with Crippen molar-refractivity contribution in [2.24, 2.45) is 0 Å². The molecule has 0 atom stereocenters. The number of carboxylic acid groups (broad SMARTS) is 1. The molecule has 0 aliphatic rings. The number of pyridine rings is 1. The second-order valence-electron chi connectivity index (χ2n) is 4.47. The quantitative estimate of drug-likeness (QED) is 0.796. The minimum absolute atomic E-state index is 0.00476. The third-order valence-corrected chi connectivity index (χ3v) is 3.09. The molecule has 0 aliphatic heterocycles. The van der Waals surface area contributed by atoms with Crippen molar-refractivity contribution >= 4 is 16.9 Å². The minimum Gasteiger partial charge on any atom is -0.477 e. The van der Waals surface area contributed by atoms with Gasteiger partial charge in [-0.25, -0.2) is 14.2 Å². The van der Waals surface area contributed by atoms with Crippen LogP contribution in [0.5, 0.6) is 0 Å². The first-order valence-corrected chi connectivity index (χ1v) is 6.07. The van der Waals surface area contributed by atoms with Crippen LogP contribution in [0.15, 0.2) is 48.7 Å². The van der Waals surface area contributed by atoms with E-state index >= 15 is 0 Å². The van der Waals surface area contributed by atoms with Gasteiger partial charge in [0, 0.05) is 6.20 Å². The standard InChI is InChI=1S/C15H11FN2O2/c16-11-5-4-10-6-7-18(14(10)8-11)9-12-2-1-3-13(17-12)15(19)20/h1-8H,9H2,(H,19,20). The number of carbonyl (C=O) groups is 1. The van der Waals surface area contributed by atoms with E-state index in [1.165, 1.54) is 18.2 Å². The molecular weight excluding hydrogens is 259 g/mol. The van der Waals surface area contributed by atoms with Crippen molar-refractivity contribution < 1.29 is 14.3 Å². The zero-order chi connectivity index (χ0) is 14.1. The summed E-state index contributed by atoms with van der Waals surface area (Å²) in [5.41, 5.74) is 1.38. The van der Waals surface area contributed by atoms with Gasteiger partial charge in [0.2, 0.25) is 0 Å². The number of benzene rings is 1. The van der Waals surface area contributed by atoms with Gasteiger partial charge in [0.25, 0.3) is 0 Å². The number of fused-ring (bicyclic) bond motifs is 1. The second kappa shape index (κ2) is 4.77. The van der Waals surface area contributed by atoms with E-state index in [0.29, 0.717) is 12.2 Å². The molecule has 20 heavy (non-hydrogen) atoms. The summed E-state index contributed by atoms with van der Waals surface area (Å²) in [5.74, 6) is -1.36. The molecule has 2 aromatic heterocycles. The highest BCUT2D eigenvalue weighted by Crippen LogP contribution is 2.18. The molecule has 1 N–H and O–H groups in total. The first-order chi connectivity index (χ1) is 9.63. The van der Waals surface area contributed by atoms with Crippen LogP contribution in [0.3, 0.4) is 0 Å². The summed E-state index contributed by atoms with van der Waals surface area (Å²) in [6.45, 7) is 0.397. The number of rotatable bonds is 3. The van der Waals surface area contributed by atoms with Crippen molar-refractivity contribution in [1.29, 1.82) is 0 Å². The van der Waals surface area contributed by atoms with Gasteiger partial charge in [-0.1, -0.05) is 6.07 Å². The highest BCUT2D eigenvalue weighted by Gasteiger charge is 2.07. The number of hydrogen-bond acceptors (Lipinski definition) is 2. The summed E-state index contributed by atoms with van der Waals surface area (Å²) >= 11 is 0. The molecule has 3 rings (SSSR count). The number of aromatic nitrogens is 2. The van der Waals surface area contributed by atoms with E-state index in [1.54, 1.807) is 18.2 Å². The molecule has 3 aromatic rings. The molecule has 4 nitrogen and oxygen atoms in total. The molecule has 0 aliphatic carbocycles. The number of aromatic carboxylic acids is 1. The van der Waals surface area contributed by atoms with Crippen molar-refractivity contribution in [3.63, 3.8) is 0 Å². The third kappa shape index (κ3) is 2.25. The summed E-state index contributed by atoms with van der Waals surface area (Å²) in [6.07, 6.45) is 1.83. The van der Waals surface area contributed by atoms with E-state index in [1.807, 2.05) is 16.8 Å². The molecule has 0 spiro atoms. The van der Waals surface area contributed by atoms with E-state index in [-0.39, 0.29) is 11.5 Å². The summed E-state index contributed by atoms with van der Waals surface area (Å²) < 4.78 is 15.1. The second-order valence-corrected chi connectivity index (χ2v) is 4.47. The molecule has 0 saturated carbocycles. The van der Waals surface area contributed by atoms with Gasteiger partial charge in [0.05, 0.1) is 17.8 Å². The first-order valence-electron chi connectivity index (χ1n) is 6.07. The maximum atomic E-state index is 13.3. The summed E-state index contributed by atoms with van der Waals surface area (Å²) in [6, 6.07) is 11.3. The molecule has 0 saturated heterocycles. The van der Waals surface area contributed by atoms with Crippen LogP contribution < -0.4 is 0 Å². The Balaban J connectivity index is 1.99. The fourth-order valence-electron chi connectivity index (χ4n) is 2.16. The topological polar surface area (TPSA) is 55.1 Å². The van der Waals surface area contributed by atoms with E-state index in [0.717, 1.165) is 10.9 Å². The van der Waals surface area contributed by atoms with Gasteiger partial charge in [-0.05, 0) is 41.8 Å². The van der Waals surface area contributed by atoms with Gasteiger partial charge in [0.15, 0.2) is 0 Å². The molecule has 5 heteroatoms. The summed E-state index contributed by atoms with van der Waals surface area (Å²) in [7, 11) is 0. The van der Waals surface area contributed by atoms with E-state index < -0.39 is 5.97 Å². The van der Waals surface area contributed by atoms with Gasteiger partial charge in [-0.15, -0.1) is 0 Å². The molecule has 0 amide bonds. The zero-order valence-electron chi connectivity index (χ0n) is 10.5. The number of hydrogen-bond donors (Lipinski definition) is 1. The molecule has 0 unspecified atom stereocenters. The van der Waals surface area contributed by atoms with Crippen molar-refractivity contribution in [1.82, 2.24) is 9.55 Å². The molecule has 0 fully saturated rings. The van der Waals surface area contributed by atoms with Crippen molar-refractivity contribution in [2.45, 2.75) is 6.54 Å². The number of carboxylic acids is 1. The van der Waals surface area contributed by atoms with Crippen molar-refractivity contribution in [3.05, 3.63) is 65.9 Å². The average molecular weight is 270 g/mol. The van der Waals surface area contributed by atoms with E-state index in [4.69, 9.17) is 5.11 Å². The van der Waals surface area contributed by atoms with E-state index in [9.17, 15) is 9.18 Å². The van der Waals surface area contributed by atoms with Crippen LogP contribution >= 0.6 is 0 Å². The largest absolute Gasteiger partial charge is 0.477 e. The van der Waals surface area contributed by atoms with Crippen LogP contribution in [-0.4, -0.2) is 20.6 Å². The molecular formula is C15H11FN2O2. The smallest absolute Gasteiger partial charge is 0.354 e. The van der Waals surface area contributed by atoms with Crippen molar-refractivity contribution in [2.75, 3.05) is 0 Å². The SMILES string of the molecule is O=C(O)c1cccc(Cn2ccc3ccc(F)cc32)n1. The average Bonchev–Trinajstić information content (AvgIpc) is 2.82. The molecule has 0 radical (unpaired) electrons. The van der Waals surface area contributed by atoms with Gasteiger partial charge in [-0.3, -0.25) is 0 Å². The normalized spacial score (nSPS) is 10.8. The summed E-state index contributed by atoms with van der Waals surface area (Å²) in [5, 5.41) is 9.86. The maximum absolute atomic E-state index is 13.3. The maximum Gasteiger partial charge on any atom is 0.354 e. The van der Waals surface area contributed by atoms with E-state index in [2.05, 4.69) is 4.98 Å². The highest BCUT2D eigenvalue weighted by molar-refractivity contribution is 5.85.